The molecule has 0 aliphatic rings. The van der Waals surface area contributed by atoms with Gasteiger partial charge in [0.15, 0.2) is 6.61 Å². The van der Waals surface area contributed by atoms with Crippen molar-refractivity contribution >= 4 is 75.8 Å². The van der Waals surface area contributed by atoms with Crippen LogP contribution in [0.1, 0.15) is 5.56 Å². The number of nitrogens with one attached hydrogen (secondary N) is 1. The maximum Gasteiger partial charge on any atom is 0.277 e. The quantitative estimate of drug-likeness (QED) is 0.355. The molecule has 0 aromatic heterocycles. The molecular weight excluding hydrogens is 604 g/mol. The molecule has 2 N–H and O–H groups in total. The number of halogens is 4. The van der Waals surface area contributed by atoms with Crippen LogP contribution in [-0.4, -0.2) is 30.9 Å². The molecule has 26 heavy (non-hydrogen) atoms. The maximum atomic E-state index is 11.9. The zero-order valence-corrected chi connectivity index (χ0v) is 19.6. The summed E-state index contributed by atoms with van der Waals surface area (Å²) in [5, 5.41) is 13.8. The molecule has 0 saturated carbocycles. The number of benzene rings is 2. The lowest BCUT2D eigenvalue weighted by molar-refractivity contribution is -0.123. The first-order valence-corrected chi connectivity index (χ1v) is 10.2. The summed E-state index contributed by atoms with van der Waals surface area (Å²) in [7, 11) is 1.57. The number of hydrazone groups is 1. The van der Waals surface area contributed by atoms with Crippen LogP contribution >= 0.6 is 63.7 Å². The molecule has 0 aliphatic carbocycles. The van der Waals surface area contributed by atoms with Crippen LogP contribution in [0.4, 0.5) is 0 Å². The summed E-state index contributed by atoms with van der Waals surface area (Å²) in [5.74, 6) is 0.784. The van der Waals surface area contributed by atoms with Crippen LogP contribution in [0.3, 0.4) is 0 Å². The minimum absolute atomic E-state index is 0.0358. The molecule has 0 saturated heterocycles. The van der Waals surface area contributed by atoms with E-state index in [0.717, 1.165) is 0 Å². The van der Waals surface area contributed by atoms with Crippen molar-refractivity contribution in [2.24, 2.45) is 5.10 Å². The van der Waals surface area contributed by atoms with Crippen LogP contribution in [0, 0.1) is 0 Å². The second kappa shape index (κ2) is 9.72. The monoisotopic (exact) mass is 612 g/mol. The van der Waals surface area contributed by atoms with Gasteiger partial charge < -0.3 is 14.6 Å². The standard InChI is InChI=1S/C16H12Br4N2O4/c1-25-8-2-3-13(11(18)4-8)26-7-14(23)22-21-6-9-10(17)5-12(19)16(24)15(9)20/h2-6,24H,7H2,1H3,(H,22,23)/b21-6-. The summed E-state index contributed by atoms with van der Waals surface area (Å²) in [6.45, 7) is -0.212. The molecule has 2 aromatic rings. The van der Waals surface area contributed by atoms with Crippen LogP contribution in [0.15, 0.2) is 47.3 Å². The molecule has 0 radical (unpaired) electrons. The van der Waals surface area contributed by atoms with E-state index in [-0.39, 0.29) is 12.4 Å². The molecule has 6 nitrogen and oxygen atoms in total. The van der Waals surface area contributed by atoms with Gasteiger partial charge in [-0.3, -0.25) is 4.79 Å². The summed E-state index contributed by atoms with van der Waals surface area (Å²) < 4.78 is 12.8. The van der Waals surface area contributed by atoms with Crippen molar-refractivity contribution in [1.29, 1.82) is 0 Å². The highest BCUT2D eigenvalue weighted by Gasteiger charge is 2.12. The first-order valence-electron chi connectivity index (χ1n) is 6.98. The smallest absolute Gasteiger partial charge is 0.277 e. The van der Waals surface area contributed by atoms with E-state index in [0.29, 0.717) is 35.0 Å². The number of methoxy groups -OCH3 is 1. The predicted molar refractivity (Wildman–Crippen MR) is 113 cm³/mol. The minimum Gasteiger partial charge on any atom is -0.506 e. The third-order valence-corrected chi connectivity index (χ3v) is 5.75. The number of ether oxygens (including phenoxy) is 2. The fourth-order valence-electron chi connectivity index (χ4n) is 1.78. The number of amides is 1. The lowest BCUT2D eigenvalue weighted by Gasteiger charge is -2.09. The highest BCUT2D eigenvalue weighted by molar-refractivity contribution is 9.11. The molecule has 2 aromatic carbocycles. The molecule has 0 spiro atoms. The number of nitrogens with zero attached hydrogens (tertiary/aromatic N) is 1. The van der Waals surface area contributed by atoms with Crippen molar-refractivity contribution in [1.82, 2.24) is 5.43 Å². The number of carbonyl (C=O) groups is 1. The van der Waals surface area contributed by atoms with Gasteiger partial charge in [-0.2, -0.15) is 5.10 Å². The van der Waals surface area contributed by atoms with E-state index in [2.05, 4.69) is 74.2 Å². The first-order chi connectivity index (χ1) is 12.3. The lowest BCUT2D eigenvalue weighted by atomic mass is 10.2. The Bertz CT molecular complexity index is 859. The van der Waals surface area contributed by atoms with Crippen LogP contribution in [0.25, 0.3) is 0 Å². The molecule has 0 fully saturated rings. The summed E-state index contributed by atoms with van der Waals surface area (Å²) >= 11 is 13.2. The van der Waals surface area contributed by atoms with Crippen molar-refractivity contribution in [2.45, 2.75) is 0 Å². The number of hydrogen-bond acceptors (Lipinski definition) is 5. The number of hydrogen-bond donors (Lipinski definition) is 2. The Balaban J connectivity index is 1.95. The van der Waals surface area contributed by atoms with Crippen LogP contribution in [0.5, 0.6) is 17.2 Å². The molecule has 0 unspecified atom stereocenters. The Morgan fingerprint density at radius 3 is 2.58 bits per heavy atom. The molecule has 0 atom stereocenters. The van der Waals surface area contributed by atoms with Gasteiger partial charge in [0.2, 0.25) is 0 Å². The topological polar surface area (TPSA) is 80.2 Å². The van der Waals surface area contributed by atoms with Crippen molar-refractivity contribution in [2.75, 3.05) is 13.7 Å². The average molecular weight is 616 g/mol. The Kier molecular flexibility index (Phi) is 7.93. The van der Waals surface area contributed by atoms with E-state index in [4.69, 9.17) is 9.47 Å². The third-order valence-electron chi connectivity index (χ3n) is 3.06. The molecule has 10 heteroatoms. The Labute approximate surface area is 183 Å². The van der Waals surface area contributed by atoms with Gasteiger partial charge in [0.05, 0.1) is 26.7 Å². The highest BCUT2D eigenvalue weighted by atomic mass is 79.9. The van der Waals surface area contributed by atoms with Crippen molar-refractivity contribution in [3.8, 4) is 17.2 Å². The third kappa shape index (κ3) is 5.45. The van der Waals surface area contributed by atoms with Gasteiger partial charge in [-0.25, -0.2) is 5.43 Å². The van der Waals surface area contributed by atoms with Crippen molar-refractivity contribution in [3.63, 3.8) is 0 Å². The zero-order chi connectivity index (χ0) is 19.3. The second-order valence-corrected chi connectivity index (χ2v) is 8.15. The molecule has 2 rings (SSSR count). The average Bonchev–Trinajstić information content (AvgIpc) is 2.61. The highest BCUT2D eigenvalue weighted by Crippen LogP contribution is 2.38. The summed E-state index contributed by atoms with van der Waals surface area (Å²) in [6, 6.07) is 6.83. The summed E-state index contributed by atoms with van der Waals surface area (Å²) in [4.78, 5) is 11.9. The lowest BCUT2D eigenvalue weighted by Crippen LogP contribution is -2.24. The van der Waals surface area contributed by atoms with Crippen LogP contribution in [0.2, 0.25) is 0 Å². The zero-order valence-electron chi connectivity index (χ0n) is 13.2. The number of carbonyl (C=O) groups excluding carboxylic acids is 1. The second-order valence-electron chi connectivity index (χ2n) is 4.79. The molecular formula is C16H12Br4N2O4. The van der Waals surface area contributed by atoms with Gasteiger partial charge in [0.1, 0.15) is 17.2 Å². The predicted octanol–water partition coefficient (Wildman–Crippen LogP) is 4.98. The molecule has 0 aliphatic heterocycles. The first kappa shape index (κ1) is 21.2. The van der Waals surface area contributed by atoms with Gasteiger partial charge in [-0.1, -0.05) is 15.9 Å². The van der Waals surface area contributed by atoms with E-state index < -0.39 is 5.91 Å². The molecule has 1 amide bonds. The Hall–Kier alpha value is -1.10. The number of rotatable bonds is 6. The van der Waals surface area contributed by atoms with E-state index >= 15 is 0 Å². The SMILES string of the molecule is COc1ccc(OCC(=O)N/N=C\c2c(Br)cc(Br)c(O)c2Br)c(Br)c1. The van der Waals surface area contributed by atoms with E-state index in [9.17, 15) is 9.90 Å². The number of phenolic OH excluding ortho intramolecular Hbond substituents is 1. The fraction of sp³-hybridized carbons (Fsp3) is 0.125. The van der Waals surface area contributed by atoms with Crippen LogP contribution in [-0.2, 0) is 4.79 Å². The van der Waals surface area contributed by atoms with Gasteiger partial charge >= 0.3 is 0 Å². The fourth-order valence-corrected chi connectivity index (χ4v) is 4.58. The van der Waals surface area contributed by atoms with Gasteiger partial charge in [-0.05, 0) is 72.1 Å². The van der Waals surface area contributed by atoms with E-state index in [1.807, 2.05) is 0 Å². The van der Waals surface area contributed by atoms with E-state index in [1.54, 1.807) is 31.4 Å². The normalized spacial score (nSPS) is 10.8. The summed E-state index contributed by atoms with van der Waals surface area (Å²) in [5.41, 5.74) is 2.94. The Morgan fingerprint density at radius 1 is 1.19 bits per heavy atom. The summed E-state index contributed by atoms with van der Waals surface area (Å²) in [6.07, 6.45) is 1.40. The molecule has 0 heterocycles. The maximum absolute atomic E-state index is 11.9. The molecule has 138 valence electrons. The molecule has 0 bridgehead atoms. The van der Waals surface area contributed by atoms with Crippen LogP contribution < -0.4 is 14.9 Å². The number of aromatic hydroxyl groups is 1. The number of phenols is 1. The van der Waals surface area contributed by atoms with Gasteiger partial charge in [0, 0.05) is 10.0 Å². The Morgan fingerprint density at radius 2 is 1.92 bits per heavy atom. The minimum atomic E-state index is -0.433. The van der Waals surface area contributed by atoms with E-state index in [1.165, 1.54) is 6.21 Å². The van der Waals surface area contributed by atoms with Crippen molar-refractivity contribution < 1.29 is 19.4 Å². The largest absolute Gasteiger partial charge is 0.506 e. The van der Waals surface area contributed by atoms with Gasteiger partial charge in [-0.15, -0.1) is 0 Å². The van der Waals surface area contributed by atoms with Crippen molar-refractivity contribution in [3.05, 3.63) is 47.7 Å². The van der Waals surface area contributed by atoms with Gasteiger partial charge in [0.25, 0.3) is 5.91 Å².